The van der Waals surface area contributed by atoms with Gasteiger partial charge in [0.05, 0.1) is 21.0 Å². The lowest BCUT2D eigenvalue weighted by Crippen LogP contribution is -2.14. The predicted octanol–water partition coefficient (Wildman–Crippen LogP) is 6.22. The van der Waals surface area contributed by atoms with Crippen LogP contribution in [0.5, 0.6) is 0 Å². The summed E-state index contributed by atoms with van der Waals surface area (Å²) in [4.78, 5) is 12.3. The summed E-state index contributed by atoms with van der Waals surface area (Å²) in [7, 11) is -4.03. The number of hydrogen-bond donors (Lipinski definition) is 1. The SMILES string of the molecule is N#Cc1sccc1-c1c(-c2cccs2)n(S(=O)(=O)c2ccc(CCC(=O)O)cc2)c2ccccc12. The Morgan fingerprint density at radius 3 is 2.43 bits per heavy atom. The van der Waals surface area contributed by atoms with E-state index in [1.54, 1.807) is 24.3 Å². The molecule has 35 heavy (non-hydrogen) atoms. The van der Waals surface area contributed by atoms with E-state index in [-0.39, 0.29) is 11.3 Å². The van der Waals surface area contributed by atoms with Crippen LogP contribution in [0.15, 0.2) is 82.4 Å². The van der Waals surface area contributed by atoms with E-state index in [0.29, 0.717) is 33.6 Å². The van der Waals surface area contributed by atoms with Gasteiger partial charge in [0.1, 0.15) is 10.9 Å². The minimum absolute atomic E-state index is 0.0257. The Morgan fingerprint density at radius 1 is 0.971 bits per heavy atom. The number of nitrogens with zero attached hydrogens (tertiary/aromatic N) is 2. The van der Waals surface area contributed by atoms with E-state index in [1.807, 2.05) is 41.1 Å². The summed E-state index contributed by atoms with van der Waals surface area (Å²) in [5.41, 5.74) is 3.21. The molecule has 0 radical (unpaired) electrons. The number of benzene rings is 2. The van der Waals surface area contributed by atoms with E-state index in [2.05, 4.69) is 6.07 Å². The lowest BCUT2D eigenvalue weighted by molar-refractivity contribution is -0.136. The predicted molar refractivity (Wildman–Crippen MR) is 138 cm³/mol. The summed E-state index contributed by atoms with van der Waals surface area (Å²) in [6, 6.07) is 21.5. The van der Waals surface area contributed by atoms with Crippen molar-refractivity contribution in [1.29, 1.82) is 5.26 Å². The fraction of sp³-hybridized carbons (Fsp3) is 0.0769. The van der Waals surface area contributed by atoms with Crippen molar-refractivity contribution in [2.75, 3.05) is 0 Å². The van der Waals surface area contributed by atoms with Gasteiger partial charge in [0.15, 0.2) is 0 Å². The molecule has 5 aromatic rings. The van der Waals surface area contributed by atoms with Gasteiger partial charge >= 0.3 is 5.97 Å². The quantitative estimate of drug-likeness (QED) is 0.275. The van der Waals surface area contributed by atoms with Gasteiger partial charge in [0.2, 0.25) is 0 Å². The number of rotatable bonds is 7. The van der Waals surface area contributed by atoms with Crippen LogP contribution in [0.4, 0.5) is 0 Å². The van der Waals surface area contributed by atoms with Gasteiger partial charge in [-0.3, -0.25) is 4.79 Å². The number of nitriles is 1. The van der Waals surface area contributed by atoms with Crippen molar-refractivity contribution in [3.63, 3.8) is 0 Å². The molecule has 0 atom stereocenters. The maximum absolute atomic E-state index is 14.1. The van der Waals surface area contributed by atoms with Crippen molar-refractivity contribution >= 4 is 49.6 Å². The van der Waals surface area contributed by atoms with Crippen LogP contribution in [0, 0.1) is 11.3 Å². The van der Waals surface area contributed by atoms with Crippen molar-refractivity contribution in [2.24, 2.45) is 0 Å². The van der Waals surface area contributed by atoms with Crippen LogP contribution < -0.4 is 0 Å². The van der Waals surface area contributed by atoms with Gasteiger partial charge in [-0.25, -0.2) is 12.4 Å². The van der Waals surface area contributed by atoms with Crippen molar-refractivity contribution in [1.82, 2.24) is 3.97 Å². The lowest BCUT2D eigenvalue weighted by Gasteiger charge is -2.13. The van der Waals surface area contributed by atoms with Crippen molar-refractivity contribution in [2.45, 2.75) is 17.7 Å². The molecule has 1 N–H and O–H groups in total. The van der Waals surface area contributed by atoms with Crippen molar-refractivity contribution in [3.8, 4) is 27.8 Å². The summed E-state index contributed by atoms with van der Waals surface area (Å²) in [6.45, 7) is 0. The van der Waals surface area contributed by atoms with Crippen LogP contribution in [0.25, 0.3) is 32.6 Å². The molecular formula is C26H18N2O4S3. The Labute approximate surface area is 210 Å². The zero-order valence-corrected chi connectivity index (χ0v) is 20.7. The van der Waals surface area contributed by atoms with Gasteiger partial charge in [0, 0.05) is 22.9 Å². The summed E-state index contributed by atoms with van der Waals surface area (Å²) < 4.78 is 29.5. The van der Waals surface area contributed by atoms with Gasteiger partial charge in [-0.2, -0.15) is 5.26 Å². The number of carboxylic acids is 1. The molecule has 6 nitrogen and oxygen atoms in total. The van der Waals surface area contributed by atoms with Crippen LogP contribution in [0.2, 0.25) is 0 Å². The normalized spacial score (nSPS) is 11.5. The van der Waals surface area contributed by atoms with E-state index in [1.165, 1.54) is 38.8 Å². The molecule has 0 aliphatic carbocycles. The zero-order valence-electron chi connectivity index (χ0n) is 18.2. The second kappa shape index (κ2) is 9.15. The fourth-order valence-corrected chi connectivity index (χ4v) is 7.20. The van der Waals surface area contributed by atoms with Crippen LogP contribution in [0.1, 0.15) is 16.9 Å². The largest absolute Gasteiger partial charge is 0.481 e. The molecular weight excluding hydrogens is 500 g/mol. The highest BCUT2D eigenvalue weighted by molar-refractivity contribution is 7.90. The van der Waals surface area contributed by atoms with Crippen LogP contribution in [-0.4, -0.2) is 23.5 Å². The molecule has 5 rings (SSSR count). The Hall–Kier alpha value is -3.71. The number of para-hydroxylation sites is 1. The molecule has 0 fully saturated rings. The van der Waals surface area contributed by atoms with Crippen LogP contribution in [0.3, 0.4) is 0 Å². The minimum Gasteiger partial charge on any atom is -0.481 e. The monoisotopic (exact) mass is 518 g/mol. The molecule has 3 heterocycles. The average molecular weight is 519 g/mol. The first-order valence-electron chi connectivity index (χ1n) is 10.6. The number of aromatic nitrogens is 1. The molecule has 0 spiro atoms. The average Bonchev–Trinajstić information content (AvgIpc) is 3.60. The molecule has 0 unspecified atom stereocenters. The lowest BCUT2D eigenvalue weighted by atomic mass is 10.0. The highest BCUT2D eigenvalue weighted by Crippen LogP contribution is 2.45. The molecule has 3 aromatic heterocycles. The smallest absolute Gasteiger partial charge is 0.303 e. The number of fused-ring (bicyclic) bond motifs is 1. The van der Waals surface area contributed by atoms with Crippen LogP contribution in [-0.2, 0) is 21.2 Å². The molecule has 0 amide bonds. The molecule has 2 aromatic carbocycles. The number of carbonyl (C=O) groups is 1. The molecule has 174 valence electrons. The standard InChI is InChI=1S/C26H18N2O4S3/c27-16-23-20(13-15-34-23)25-19-4-1-2-5-21(19)28(26(25)22-6-3-14-33-22)35(31,32)18-10-7-17(8-11-18)9-12-24(29)30/h1-8,10-11,13-15H,9,12H2,(H,29,30). The maximum atomic E-state index is 14.1. The van der Waals surface area contributed by atoms with Crippen LogP contribution >= 0.6 is 22.7 Å². The first-order chi connectivity index (χ1) is 16.9. The summed E-state index contributed by atoms with van der Waals surface area (Å²) in [5, 5.41) is 23.1. The number of aliphatic carboxylic acids is 1. The molecule has 9 heteroatoms. The summed E-state index contributed by atoms with van der Waals surface area (Å²) in [5.74, 6) is -0.904. The maximum Gasteiger partial charge on any atom is 0.303 e. The Morgan fingerprint density at radius 2 is 1.74 bits per heavy atom. The zero-order chi connectivity index (χ0) is 24.6. The van der Waals surface area contributed by atoms with Crippen molar-refractivity contribution < 1.29 is 18.3 Å². The Kier molecular flexibility index (Phi) is 6.03. The second-order valence-electron chi connectivity index (χ2n) is 7.80. The van der Waals surface area contributed by atoms with Gasteiger partial charge in [-0.15, -0.1) is 22.7 Å². The first kappa shape index (κ1) is 23.1. The number of thiophene rings is 2. The van der Waals surface area contributed by atoms with E-state index in [4.69, 9.17) is 5.11 Å². The van der Waals surface area contributed by atoms with Crippen molar-refractivity contribution in [3.05, 3.63) is 87.9 Å². The third-order valence-corrected chi connectivity index (χ3v) is 9.14. The highest BCUT2D eigenvalue weighted by Gasteiger charge is 2.30. The topological polar surface area (TPSA) is 100 Å². The third kappa shape index (κ3) is 4.06. The van der Waals surface area contributed by atoms with Gasteiger partial charge in [0.25, 0.3) is 10.0 Å². The minimum atomic E-state index is -4.03. The Balaban J connectivity index is 1.78. The van der Waals surface area contributed by atoms with Gasteiger partial charge in [-0.05, 0) is 53.1 Å². The number of hydrogen-bond acceptors (Lipinski definition) is 6. The van der Waals surface area contributed by atoms with E-state index in [0.717, 1.165) is 15.8 Å². The second-order valence-corrected chi connectivity index (χ2v) is 11.5. The molecule has 0 saturated carbocycles. The highest BCUT2D eigenvalue weighted by atomic mass is 32.2. The van der Waals surface area contributed by atoms with E-state index in [9.17, 15) is 18.5 Å². The van der Waals surface area contributed by atoms with Gasteiger partial charge < -0.3 is 5.11 Å². The number of carboxylic acid groups (broad SMARTS) is 1. The summed E-state index contributed by atoms with van der Waals surface area (Å²) in [6.07, 6.45) is 0.296. The molecule has 0 aliphatic rings. The summed E-state index contributed by atoms with van der Waals surface area (Å²) >= 11 is 2.75. The third-order valence-electron chi connectivity index (χ3n) is 5.71. The molecule has 0 bridgehead atoms. The molecule has 0 aliphatic heterocycles. The molecule has 0 saturated heterocycles. The van der Waals surface area contributed by atoms with E-state index < -0.39 is 16.0 Å². The van der Waals surface area contributed by atoms with E-state index >= 15 is 0 Å². The fourth-order valence-electron chi connectivity index (χ4n) is 4.15. The first-order valence-corrected chi connectivity index (χ1v) is 13.8. The Bertz CT molecular complexity index is 1690. The van der Waals surface area contributed by atoms with Gasteiger partial charge in [-0.1, -0.05) is 36.4 Å². The number of aryl methyl sites for hydroxylation is 1.